The molecule has 0 saturated heterocycles. The van der Waals surface area contributed by atoms with Gasteiger partial charge in [-0.1, -0.05) is 6.07 Å². The lowest BCUT2D eigenvalue weighted by Gasteiger charge is -2.19. The summed E-state index contributed by atoms with van der Waals surface area (Å²) >= 11 is 0. The van der Waals surface area contributed by atoms with Gasteiger partial charge in [-0.15, -0.1) is 0 Å². The monoisotopic (exact) mass is 265 g/mol. The Bertz CT molecular complexity index is 489. The first kappa shape index (κ1) is 15.2. The second kappa shape index (κ2) is 5.84. The van der Waals surface area contributed by atoms with Gasteiger partial charge in [0.05, 0.1) is 18.3 Å². The summed E-state index contributed by atoms with van der Waals surface area (Å²) in [7, 11) is 1.30. The second-order valence-electron chi connectivity index (χ2n) is 5.12. The highest BCUT2D eigenvalue weighted by Crippen LogP contribution is 2.15. The molecule has 1 aromatic carbocycles. The predicted molar refractivity (Wildman–Crippen MR) is 70.8 cm³/mol. The molecule has 104 valence electrons. The summed E-state index contributed by atoms with van der Waals surface area (Å²) in [5.74, 6) is -0.859. The molecule has 1 N–H and O–H groups in total. The maximum absolute atomic E-state index is 12.0. The van der Waals surface area contributed by atoms with E-state index in [-0.39, 0.29) is 0 Å². The molecule has 0 aromatic heterocycles. The number of carbonyl (C=O) groups excluding carboxylic acids is 2. The number of benzene rings is 1. The number of methoxy groups -OCH3 is 1. The van der Waals surface area contributed by atoms with Crippen molar-refractivity contribution in [2.45, 2.75) is 33.3 Å². The van der Waals surface area contributed by atoms with Gasteiger partial charge in [-0.05, 0) is 45.4 Å². The van der Waals surface area contributed by atoms with E-state index in [2.05, 4.69) is 10.2 Å². The molecule has 0 saturated carbocycles. The first-order chi connectivity index (χ1) is 8.76. The van der Waals surface area contributed by atoms with Crippen molar-refractivity contribution in [2.75, 3.05) is 7.11 Å². The van der Waals surface area contributed by atoms with Crippen LogP contribution in [-0.4, -0.2) is 24.6 Å². The molecule has 0 spiro atoms. The van der Waals surface area contributed by atoms with E-state index in [9.17, 15) is 9.59 Å². The summed E-state index contributed by atoms with van der Waals surface area (Å²) in [5.41, 5.74) is 3.20. The molecule has 0 bridgehead atoms. The van der Waals surface area contributed by atoms with E-state index in [4.69, 9.17) is 4.84 Å². The van der Waals surface area contributed by atoms with Crippen LogP contribution in [0.4, 0.5) is 0 Å². The van der Waals surface area contributed by atoms with Gasteiger partial charge in [-0.3, -0.25) is 9.63 Å². The van der Waals surface area contributed by atoms with E-state index in [0.717, 1.165) is 0 Å². The van der Waals surface area contributed by atoms with E-state index in [0.29, 0.717) is 16.7 Å². The van der Waals surface area contributed by atoms with Crippen molar-refractivity contribution < 1.29 is 19.2 Å². The van der Waals surface area contributed by atoms with Crippen molar-refractivity contribution >= 4 is 11.9 Å². The minimum Gasteiger partial charge on any atom is -0.465 e. The lowest BCUT2D eigenvalue weighted by atomic mass is 10.0. The minimum atomic E-state index is -0.483. The van der Waals surface area contributed by atoms with Crippen LogP contribution in [-0.2, 0) is 9.57 Å². The number of carbonyl (C=O) groups is 2. The zero-order valence-electron chi connectivity index (χ0n) is 11.9. The van der Waals surface area contributed by atoms with E-state index >= 15 is 0 Å². The molecule has 0 atom stereocenters. The Hall–Kier alpha value is -1.88. The summed E-state index contributed by atoms with van der Waals surface area (Å²) in [6, 6.07) is 4.87. The summed E-state index contributed by atoms with van der Waals surface area (Å²) in [6.07, 6.45) is 0. The molecular weight excluding hydrogens is 246 g/mol. The van der Waals surface area contributed by atoms with Crippen molar-refractivity contribution in [3.8, 4) is 0 Å². The Morgan fingerprint density at radius 3 is 2.26 bits per heavy atom. The third kappa shape index (κ3) is 4.06. The highest BCUT2D eigenvalue weighted by atomic mass is 16.7. The molecule has 1 aromatic rings. The molecule has 0 aliphatic rings. The molecule has 0 fully saturated rings. The van der Waals surface area contributed by atoms with E-state index in [1.54, 1.807) is 25.1 Å². The van der Waals surface area contributed by atoms with Gasteiger partial charge in [0.2, 0.25) is 0 Å². The maximum atomic E-state index is 12.0. The SMILES string of the molecule is COC(=O)c1cccc(C(=O)NOC(C)(C)C)c1C. The summed E-state index contributed by atoms with van der Waals surface area (Å²) in [6.45, 7) is 7.17. The van der Waals surface area contributed by atoms with Crippen LogP contribution >= 0.6 is 0 Å². The normalized spacial score (nSPS) is 11.0. The summed E-state index contributed by atoms with van der Waals surface area (Å²) < 4.78 is 4.66. The highest BCUT2D eigenvalue weighted by Gasteiger charge is 2.18. The lowest BCUT2D eigenvalue weighted by Crippen LogP contribution is -2.34. The van der Waals surface area contributed by atoms with Gasteiger partial charge >= 0.3 is 5.97 Å². The fourth-order valence-electron chi connectivity index (χ4n) is 1.47. The van der Waals surface area contributed by atoms with E-state index in [1.807, 2.05) is 20.8 Å². The molecule has 19 heavy (non-hydrogen) atoms. The molecule has 0 aliphatic carbocycles. The third-order valence-corrected chi connectivity index (χ3v) is 2.43. The number of hydrogen-bond acceptors (Lipinski definition) is 4. The van der Waals surface area contributed by atoms with Crippen molar-refractivity contribution in [3.63, 3.8) is 0 Å². The Kier molecular flexibility index (Phi) is 4.67. The zero-order valence-corrected chi connectivity index (χ0v) is 11.9. The summed E-state index contributed by atoms with van der Waals surface area (Å²) in [5, 5.41) is 0. The minimum absolute atomic E-state index is 0.367. The Morgan fingerprint density at radius 1 is 1.16 bits per heavy atom. The van der Waals surface area contributed by atoms with E-state index < -0.39 is 17.5 Å². The Balaban J connectivity index is 2.95. The van der Waals surface area contributed by atoms with Gasteiger partial charge in [-0.25, -0.2) is 10.3 Å². The molecule has 1 amide bonds. The number of ether oxygens (including phenoxy) is 1. The third-order valence-electron chi connectivity index (χ3n) is 2.43. The Morgan fingerprint density at radius 2 is 1.74 bits per heavy atom. The van der Waals surface area contributed by atoms with Gasteiger partial charge in [-0.2, -0.15) is 0 Å². The van der Waals surface area contributed by atoms with Gasteiger partial charge in [0.25, 0.3) is 5.91 Å². The number of esters is 1. The topological polar surface area (TPSA) is 64.6 Å². The van der Waals surface area contributed by atoms with Crippen molar-refractivity contribution in [1.29, 1.82) is 0 Å². The summed E-state index contributed by atoms with van der Waals surface area (Å²) in [4.78, 5) is 28.7. The number of rotatable bonds is 3. The van der Waals surface area contributed by atoms with E-state index in [1.165, 1.54) is 7.11 Å². The molecule has 0 radical (unpaired) electrons. The number of nitrogens with one attached hydrogen (secondary N) is 1. The van der Waals surface area contributed by atoms with Crippen LogP contribution in [0.15, 0.2) is 18.2 Å². The van der Waals surface area contributed by atoms with Crippen LogP contribution < -0.4 is 5.48 Å². The number of hydroxylamine groups is 1. The average molecular weight is 265 g/mol. The largest absolute Gasteiger partial charge is 0.465 e. The van der Waals surface area contributed by atoms with Crippen LogP contribution in [0.25, 0.3) is 0 Å². The molecule has 1 rings (SSSR count). The smallest absolute Gasteiger partial charge is 0.338 e. The average Bonchev–Trinajstić information content (AvgIpc) is 2.34. The molecular formula is C14H19NO4. The first-order valence-corrected chi connectivity index (χ1v) is 5.92. The molecule has 0 heterocycles. The molecule has 0 unspecified atom stereocenters. The first-order valence-electron chi connectivity index (χ1n) is 5.92. The van der Waals surface area contributed by atoms with Crippen LogP contribution in [0.2, 0.25) is 0 Å². The van der Waals surface area contributed by atoms with Crippen molar-refractivity contribution in [2.24, 2.45) is 0 Å². The second-order valence-corrected chi connectivity index (χ2v) is 5.12. The van der Waals surface area contributed by atoms with Crippen LogP contribution in [0.1, 0.15) is 47.1 Å². The van der Waals surface area contributed by atoms with Gasteiger partial charge in [0.1, 0.15) is 0 Å². The Labute approximate surface area is 112 Å². The van der Waals surface area contributed by atoms with Crippen molar-refractivity contribution in [3.05, 3.63) is 34.9 Å². The van der Waals surface area contributed by atoms with Crippen molar-refractivity contribution in [1.82, 2.24) is 5.48 Å². The van der Waals surface area contributed by atoms with Crippen LogP contribution in [0, 0.1) is 6.92 Å². The van der Waals surface area contributed by atoms with Gasteiger partial charge < -0.3 is 4.74 Å². The van der Waals surface area contributed by atoms with Crippen LogP contribution in [0.3, 0.4) is 0 Å². The molecule has 0 aliphatic heterocycles. The standard InChI is InChI=1S/C14H19NO4/c1-9-10(12(16)15-19-14(2,3)4)7-6-8-11(9)13(17)18-5/h6-8H,1-5H3,(H,15,16). The fraction of sp³-hybridized carbons (Fsp3) is 0.429. The zero-order chi connectivity index (χ0) is 14.6. The van der Waals surface area contributed by atoms with Gasteiger partial charge in [0, 0.05) is 5.56 Å². The molecule has 5 heteroatoms. The number of hydrogen-bond donors (Lipinski definition) is 1. The fourth-order valence-corrected chi connectivity index (χ4v) is 1.47. The number of amides is 1. The van der Waals surface area contributed by atoms with Gasteiger partial charge in [0.15, 0.2) is 0 Å². The predicted octanol–water partition coefficient (Wildman–Crippen LogP) is 2.24. The van der Waals surface area contributed by atoms with Crippen LogP contribution in [0.5, 0.6) is 0 Å². The highest BCUT2D eigenvalue weighted by molar-refractivity contribution is 5.99. The lowest BCUT2D eigenvalue weighted by molar-refractivity contribution is -0.0590. The maximum Gasteiger partial charge on any atom is 0.338 e. The quantitative estimate of drug-likeness (QED) is 0.672. The molecule has 5 nitrogen and oxygen atoms in total.